The topological polar surface area (TPSA) is 35.6 Å². The van der Waals surface area contributed by atoms with Gasteiger partial charge < -0.3 is 10.2 Å². The van der Waals surface area contributed by atoms with Crippen LogP contribution in [0.15, 0.2) is 0 Å². The minimum Gasteiger partial charge on any atom is -0.338 e. The Balaban J connectivity index is 1.62. The average molecular weight is 335 g/mol. The van der Waals surface area contributed by atoms with Crippen LogP contribution in [-0.4, -0.2) is 61.3 Å². The number of urea groups is 1. The van der Waals surface area contributed by atoms with Crippen molar-refractivity contribution in [3.63, 3.8) is 0 Å². The lowest BCUT2D eigenvalue weighted by Crippen LogP contribution is -2.43. The molecule has 0 aromatic rings. The molecular weight excluding hydrogens is 307 g/mol. The first-order valence-electron chi connectivity index (χ1n) is 8.76. The van der Waals surface area contributed by atoms with Crippen LogP contribution in [0.3, 0.4) is 0 Å². The van der Waals surface area contributed by atoms with E-state index in [0.29, 0.717) is 32.6 Å². The molecule has 134 valence electrons. The third kappa shape index (κ3) is 6.97. The number of amides is 2. The number of hydrogen-bond acceptors (Lipinski definition) is 2. The van der Waals surface area contributed by atoms with Crippen molar-refractivity contribution in [1.82, 2.24) is 15.1 Å². The van der Waals surface area contributed by atoms with E-state index in [0.717, 1.165) is 12.3 Å². The van der Waals surface area contributed by atoms with Crippen LogP contribution in [0.25, 0.3) is 0 Å². The van der Waals surface area contributed by atoms with Gasteiger partial charge in [0.25, 0.3) is 0 Å². The molecule has 1 aliphatic carbocycles. The number of alkyl halides is 3. The lowest BCUT2D eigenvalue weighted by atomic mass is 10.0. The van der Waals surface area contributed by atoms with Gasteiger partial charge in [0.05, 0.1) is 6.54 Å². The largest absolute Gasteiger partial charge is 0.401 e. The number of rotatable bonds is 5. The Kier molecular flexibility index (Phi) is 6.99. The second-order valence-electron chi connectivity index (χ2n) is 6.76. The summed E-state index contributed by atoms with van der Waals surface area (Å²) in [5.74, 6) is 0.820. The molecule has 7 heteroatoms. The average Bonchev–Trinajstić information content (AvgIpc) is 2.88. The molecule has 0 spiro atoms. The molecule has 2 fully saturated rings. The van der Waals surface area contributed by atoms with Gasteiger partial charge in [-0.1, -0.05) is 25.7 Å². The van der Waals surface area contributed by atoms with Crippen molar-refractivity contribution in [3.8, 4) is 0 Å². The van der Waals surface area contributed by atoms with Gasteiger partial charge in [-0.15, -0.1) is 0 Å². The predicted molar refractivity (Wildman–Crippen MR) is 83.3 cm³/mol. The lowest BCUT2D eigenvalue weighted by molar-refractivity contribution is -0.145. The summed E-state index contributed by atoms with van der Waals surface area (Å²) < 4.78 is 37.3. The second kappa shape index (κ2) is 8.76. The quantitative estimate of drug-likeness (QED) is 0.783. The minimum absolute atomic E-state index is 0.134. The summed E-state index contributed by atoms with van der Waals surface area (Å²) in [6.07, 6.45) is 3.87. The Bertz CT molecular complexity index is 370. The van der Waals surface area contributed by atoms with E-state index >= 15 is 0 Å². The number of nitrogens with one attached hydrogen (secondary N) is 1. The smallest absolute Gasteiger partial charge is 0.338 e. The summed E-state index contributed by atoms with van der Waals surface area (Å²) in [6, 6.07) is -0.134. The van der Waals surface area contributed by atoms with E-state index in [4.69, 9.17) is 0 Å². The number of halogens is 3. The highest BCUT2D eigenvalue weighted by atomic mass is 19.4. The van der Waals surface area contributed by atoms with Gasteiger partial charge in [0, 0.05) is 32.7 Å². The fourth-order valence-electron chi connectivity index (χ4n) is 3.58. The monoisotopic (exact) mass is 335 g/mol. The van der Waals surface area contributed by atoms with E-state index in [1.807, 2.05) is 0 Å². The van der Waals surface area contributed by atoms with E-state index in [1.54, 1.807) is 4.90 Å². The SMILES string of the molecule is O=C(NCCCC1CCCC1)N1CCCN(CC(F)(F)F)CC1. The molecule has 2 rings (SSSR count). The van der Waals surface area contributed by atoms with Gasteiger partial charge in [0.15, 0.2) is 0 Å². The van der Waals surface area contributed by atoms with E-state index < -0.39 is 12.7 Å². The Morgan fingerprint density at radius 1 is 1.04 bits per heavy atom. The van der Waals surface area contributed by atoms with Crippen LogP contribution in [0.5, 0.6) is 0 Å². The molecule has 0 aromatic carbocycles. The molecule has 23 heavy (non-hydrogen) atoms. The molecule has 0 aromatic heterocycles. The molecule has 0 bridgehead atoms. The standard InChI is InChI=1S/C16H28F3N3O/c17-16(18,19)13-21-9-4-10-22(12-11-21)15(23)20-8-3-7-14-5-1-2-6-14/h14H,1-13H2,(H,20,23). The van der Waals surface area contributed by atoms with Gasteiger partial charge in [0.1, 0.15) is 0 Å². The summed E-state index contributed by atoms with van der Waals surface area (Å²) in [6.45, 7) is 1.36. The highest BCUT2D eigenvalue weighted by molar-refractivity contribution is 5.74. The summed E-state index contributed by atoms with van der Waals surface area (Å²) in [5.41, 5.74) is 0. The Labute approximate surface area is 136 Å². The molecule has 4 nitrogen and oxygen atoms in total. The Hall–Kier alpha value is -0.980. The molecule has 1 aliphatic heterocycles. The predicted octanol–water partition coefficient (Wildman–Crippen LogP) is 3.24. The van der Waals surface area contributed by atoms with Gasteiger partial charge in [-0.05, 0) is 25.2 Å². The normalized spacial score (nSPS) is 21.4. The lowest BCUT2D eigenvalue weighted by Gasteiger charge is -2.23. The third-order valence-corrected chi connectivity index (χ3v) is 4.82. The summed E-state index contributed by atoms with van der Waals surface area (Å²) in [4.78, 5) is 15.1. The van der Waals surface area contributed by atoms with E-state index in [-0.39, 0.29) is 12.6 Å². The van der Waals surface area contributed by atoms with Gasteiger partial charge >= 0.3 is 12.2 Å². The molecule has 0 unspecified atom stereocenters. The van der Waals surface area contributed by atoms with Crippen LogP contribution in [0.4, 0.5) is 18.0 Å². The maximum absolute atomic E-state index is 12.4. The van der Waals surface area contributed by atoms with Crippen LogP contribution < -0.4 is 5.32 Å². The molecule has 1 saturated heterocycles. The summed E-state index contributed by atoms with van der Waals surface area (Å²) in [5, 5.41) is 2.91. The zero-order chi connectivity index (χ0) is 16.7. The maximum atomic E-state index is 12.4. The fourth-order valence-corrected chi connectivity index (χ4v) is 3.58. The van der Waals surface area contributed by atoms with Gasteiger partial charge in [-0.25, -0.2) is 4.79 Å². The molecule has 0 atom stereocenters. The molecule has 2 amide bonds. The van der Waals surface area contributed by atoms with Crippen molar-refractivity contribution in [3.05, 3.63) is 0 Å². The fraction of sp³-hybridized carbons (Fsp3) is 0.938. The third-order valence-electron chi connectivity index (χ3n) is 4.82. The van der Waals surface area contributed by atoms with Crippen LogP contribution in [0.2, 0.25) is 0 Å². The van der Waals surface area contributed by atoms with Crippen LogP contribution >= 0.6 is 0 Å². The number of hydrogen-bond donors (Lipinski definition) is 1. The van der Waals surface area contributed by atoms with Crippen molar-refractivity contribution in [2.75, 3.05) is 39.3 Å². The van der Waals surface area contributed by atoms with Gasteiger partial charge in [-0.3, -0.25) is 4.90 Å². The zero-order valence-corrected chi connectivity index (χ0v) is 13.7. The van der Waals surface area contributed by atoms with Crippen molar-refractivity contribution < 1.29 is 18.0 Å². The van der Waals surface area contributed by atoms with Crippen molar-refractivity contribution >= 4 is 6.03 Å². The first kappa shape index (κ1) is 18.4. The molecular formula is C16H28F3N3O. The zero-order valence-electron chi connectivity index (χ0n) is 13.7. The van der Waals surface area contributed by atoms with Crippen LogP contribution in [-0.2, 0) is 0 Å². The van der Waals surface area contributed by atoms with Crippen molar-refractivity contribution in [1.29, 1.82) is 0 Å². The van der Waals surface area contributed by atoms with Crippen LogP contribution in [0.1, 0.15) is 44.9 Å². The molecule has 2 aliphatic rings. The Morgan fingerprint density at radius 3 is 2.48 bits per heavy atom. The van der Waals surface area contributed by atoms with E-state index in [1.165, 1.54) is 37.0 Å². The Morgan fingerprint density at radius 2 is 1.78 bits per heavy atom. The first-order valence-corrected chi connectivity index (χ1v) is 8.76. The first-order chi connectivity index (χ1) is 10.9. The summed E-state index contributed by atoms with van der Waals surface area (Å²) >= 11 is 0. The van der Waals surface area contributed by atoms with Gasteiger partial charge in [-0.2, -0.15) is 13.2 Å². The highest BCUT2D eigenvalue weighted by Gasteiger charge is 2.31. The van der Waals surface area contributed by atoms with Crippen molar-refractivity contribution in [2.45, 2.75) is 51.1 Å². The number of carbonyl (C=O) groups is 1. The molecule has 1 heterocycles. The van der Waals surface area contributed by atoms with Crippen molar-refractivity contribution in [2.24, 2.45) is 5.92 Å². The number of nitrogens with zero attached hydrogens (tertiary/aromatic N) is 2. The summed E-state index contributed by atoms with van der Waals surface area (Å²) in [7, 11) is 0. The van der Waals surface area contributed by atoms with Crippen LogP contribution in [0, 0.1) is 5.92 Å². The number of carbonyl (C=O) groups excluding carboxylic acids is 1. The molecule has 1 N–H and O–H groups in total. The van der Waals surface area contributed by atoms with E-state index in [9.17, 15) is 18.0 Å². The molecule has 1 saturated carbocycles. The highest BCUT2D eigenvalue weighted by Crippen LogP contribution is 2.28. The van der Waals surface area contributed by atoms with E-state index in [2.05, 4.69) is 5.32 Å². The minimum atomic E-state index is -4.17. The second-order valence-corrected chi connectivity index (χ2v) is 6.76. The maximum Gasteiger partial charge on any atom is 0.401 e. The molecule has 0 radical (unpaired) electrons. The van der Waals surface area contributed by atoms with Gasteiger partial charge in [0.2, 0.25) is 0 Å².